The maximum atomic E-state index is 5.28. The topological polar surface area (TPSA) is 40.2 Å². The Hall–Kier alpha value is -2.08. The first kappa shape index (κ1) is 43.0. The smallest absolute Gasteiger partial charge is 0.118 e. The molecule has 1 saturated carbocycles. The highest BCUT2D eigenvalue weighted by molar-refractivity contribution is 5.27. The van der Waals surface area contributed by atoms with Gasteiger partial charge in [-0.25, -0.2) is 0 Å². The summed E-state index contributed by atoms with van der Waals surface area (Å²) in [6.45, 7) is 12.4. The van der Waals surface area contributed by atoms with Crippen molar-refractivity contribution >= 4 is 0 Å². The fraction of sp³-hybridized carbons (Fsp3) is 0.684. The van der Waals surface area contributed by atoms with Crippen LogP contribution in [-0.4, -0.2) is 65.2 Å². The Morgan fingerprint density at radius 3 is 1.51 bits per heavy atom. The zero-order valence-corrected chi connectivity index (χ0v) is 27.6. The van der Waals surface area contributed by atoms with Gasteiger partial charge in [0.05, 0.1) is 26.4 Å². The molecule has 0 spiro atoms. The van der Waals surface area contributed by atoms with Gasteiger partial charge in [-0.3, -0.25) is 0 Å². The van der Waals surface area contributed by atoms with Gasteiger partial charge in [-0.15, -0.1) is 0 Å². The number of ether oxygens (including phenoxy) is 4. The molecule has 43 heavy (non-hydrogen) atoms. The van der Waals surface area contributed by atoms with E-state index in [9.17, 15) is 0 Å². The van der Waals surface area contributed by atoms with Gasteiger partial charge >= 0.3 is 0 Å². The zero-order chi connectivity index (χ0) is 30.3. The van der Waals surface area contributed by atoms with E-state index in [0.717, 1.165) is 36.8 Å². The van der Waals surface area contributed by atoms with Gasteiger partial charge in [-0.2, -0.15) is 0 Å². The van der Waals surface area contributed by atoms with E-state index in [1.807, 2.05) is 31.4 Å². The molecule has 2 aromatic rings. The van der Waals surface area contributed by atoms with Crippen molar-refractivity contribution in [2.45, 2.75) is 119 Å². The molecule has 0 aromatic heterocycles. The lowest BCUT2D eigenvalue weighted by atomic mass is 9.86. The summed E-state index contributed by atoms with van der Waals surface area (Å²) in [5, 5.41) is 0. The van der Waals surface area contributed by atoms with E-state index in [2.05, 4.69) is 56.9 Å². The fourth-order valence-corrected chi connectivity index (χ4v) is 5.23. The van der Waals surface area contributed by atoms with Gasteiger partial charge in [0, 0.05) is 27.3 Å². The van der Waals surface area contributed by atoms with Gasteiger partial charge in [0.25, 0.3) is 0 Å². The molecular formula is C38H69NO4. The van der Waals surface area contributed by atoms with Gasteiger partial charge in [0.1, 0.15) is 11.5 Å². The third kappa shape index (κ3) is 19.0. The summed E-state index contributed by atoms with van der Waals surface area (Å²) in [6, 6.07) is 16.4. The molecule has 0 N–H and O–H groups in total. The molecule has 0 radical (unpaired) electrons. The molecule has 1 aliphatic carbocycles. The minimum absolute atomic E-state index is 0. The number of benzene rings is 2. The second kappa shape index (κ2) is 27.5. The molecule has 2 aromatic carbocycles. The summed E-state index contributed by atoms with van der Waals surface area (Å²) < 4.78 is 20.6. The fourth-order valence-electron chi connectivity index (χ4n) is 5.23. The Labute approximate surface area is 267 Å². The standard InChI is InChI=1S/C10H14O.C9H18O.C9H12O.C8H17NO.2CH4/c1-3-4-9-5-7-10(11-2)8-6-9;2*1-3-8-4-6-9(10-2)7-5-8;1-3-5-9-6-4-8(7-9)10-2;;/h5-8H,3-4H2,1-2H3;8-9H,3-7H2,1-2H3;4-7H,3H2,1-2H3;8H,3-7H2,1-2H3;2*1H4. The summed E-state index contributed by atoms with van der Waals surface area (Å²) in [5.74, 6) is 2.86. The van der Waals surface area contributed by atoms with Gasteiger partial charge < -0.3 is 23.8 Å². The summed E-state index contributed by atoms with van der Waals surface area (Å²) in [5.41, 5.74) is 2.73. The van der Waals surface area contributed by atoms with Crippen LogP contribution in [0.5, 0.6) is 11.5 Å². The van der Waals surface area contributed by atoms with Crippen LogP contribution in [0.15, 0.2) is 48.5 Å². The predicted octanol–water partition coefficient (Wildman–Crippen LogP) is 9.90. The van der Waals surface area contributed by atoms with Crippen molar-refractivity contribution in [1.29, 1.82) is 0 Å². The molecule has 2 fully saturated rings. The highest BCUT2D eigenvalue weighted by atomic mass is 16.5. The van der Waals surface area contributed by atoms with E-state index in [4.69, 9.17) is 18.9 Å². The van der Waals surface area contributed by atoms with Gasteiger partial charge in [0.15, 0.2) is 0 Å². The highest BCUT2D eigenvalue weighted by Gasteiger charge is 2.20. The van der Waals surface area contributed by atoms with Gasteiger partial charge in [-0.05, 0) is 99.2 Å². The highest BCUT2D eigenvalue weighted by Crippen LogP contribution is 2.27. The third-order valence-corrected chi connectivity index (χ3v) is 8.07. The lowest BCUT2D eigenvalue weighted by Gasteiger charge is -2.26. The molecule has 1 aliphatic heterocycles. The molecule has 0 amide bonds. The summed E-state index contributed by atoms with van der Waals surface area (Å²) in [4.78, 5) is 2.47. The van der Waals surface area contributed by atoms with Crippen molar-refractivity contribution in [2.24, 2.45) is 5.92 Å². The van der Waals surface area contributed by atoms with Crippen LogP contribution in [0.1, 0.15) is 105 Å². The number of hydrogen-bond donors (Lipinski definition) is 0. The van der Waals surface area contributed by atoms with E-state index in [1.165, 1.54) is 75.6 Å². The van der Waals surface area contributed by atoms with Crippen LogP contribution in [0, 0.1) is 5.92 Å². The monoisotopic (exact) mass is 604 g/mol. The molecule has 2 aliphatic rings. The maximum Gasteiger partial charge on any atom is 0.118 e. The zero-order valence-electron chi connectivity index (χ0n) is 27.6. The van der Waals surface area contributed by atoms with Gasteiger partial charge in [0.2, 0.25) is 0 Å². The third-order valence-electron chi connectivity index (χ3n) is 8.07. The molecule has 1 saturated heterocycles. The first-order valence-electron chi connectivity index (χ1n) is 16.0. The van der Waals surface area contributed by atoms with Crippen LogP contribution < -0.4 is 9.47 Å². The Morgan fingerprint density at radius 1 is 0.628 bits per heavy atom. The molecule has 250 valence electrons. The lowest BCUT2D eigenvalue weighted by molar-refractivity contribution is 0.0563. The predicted molar refractivity (Wildman–Crippen MR) is 188 cm³/mol. The van der Waals surface area contributed by atoms with E-state index in [0.29, 0.717) is 12.2 Å². The maximum absolute atomic E-state index is 5.28. The Morgan fingerprint density at radius 2 is 1.14 bits per heavy atom. The van der Waals surface area contributed by atoms with E-state index < -0.39 is 0 Å². The van der Waals surface area contributed by atoms with Crippen LogP contribution in [0.4, 0.5) is 0 Å². The molecule has 1 heterocycles. The SMILES string of the molecule is C.C.CCC1CCC(OC)CC1.CCCN1CCC(OC)C1.CCCc1ccc(OC)cc1.CCc1ccc(OC)cc1. The van der Waals surface area contributed by atoms with E-state index in [-0.39, 0.29) is 14.9 Å². The molecule has 4 rings (SSSR count). The average Bonchev–Trinajstić information content (AvgIpc) is 3.50. The van der Waals surface area contributed by atoms with E-state index >= 15 is 0 Å². The molecule has 5 nitrogen and oxygen atoms in total. The van der Waals surface area contributed by atoms with Crippen LogP contribution in [0.2, 0.25) is 0 Å². The normalized spacial score (nSPS) is 19.0. The molecule has 1 unspecified atom stereocenters. The number of rotatable bonds is 10. The second-order valence-electron chi connectivity index (χ2n) is 11.0. The number of aryl methyl sites for hydroxylation is 2. The first-order chi connectivity index (χ1) is 20.0. The van der Waals surface area contributed by atoms with Crippen molar-refractivity contribution in [3.05, 3.63) is 59.7 Å². The summed E-state index contributed by atoms with van der Waals surface area (Å²) >= 11 is 0. The van der Waals surface area contributed by atoms with Crippen molar-refractivity contribution < 1.29 is 18.9 Å². The largest absolute Gasteiger partial charge is 0.497 e. The quantitative estimate of drug-likeness (QED) is 0.270. The summed E-state index contributed by atoms with van der Waals surface area (Å²) in [6.07, 6.45) is 13.7. The van der Waals surface area contributed by atoms with Crippen molar-refractivity contribution in [3.63, 3.8) is 0 Å². The molecule has 0 bridgehead atoms. The van der Waals surface area contributed by atoms with Crippen LogP contribution in [-0.2, 0) is 22.3 Å². The van der Waals surface area contributed by atoms with Crippen LogP contribution in [0.25, 0.3) is 0 Å². The Balaban J connectivity index is 0. The van der Waals surface area contributed by atoms with Crippen LogP contribution >= 0.6 is 0 Å². The lowest BCUT2D eigenvalue weighted by Crippen LogP contribution is -2.23. The number of hydrogen-bond acceptors (Lipinski definition) is 5. The van der Waals surface area contributed by atoms with Crippen molar-refractivity contribution in [3.8, 4) is 11.5 Å². The average molecular weight is 604 g/mol. The molecule has 1 atom stereocenters. The van der Waals surface area contributed by atoms with Crippen molar-refractivity contribution in [1.82, 2.24) is 4.90 Å². The minimum Gasteiger partial charge on any atom is -0.497 e. The number of methoxy groups -OCH3 is 4. The minimum atomic E-state index is 0. The van der Waals surface area contributed by atoms with Gasteiger partial charge in [-0.1, -0.05) is 79.7 Å². The number of likely N-dealkylation sites (tertiary alicyclic amines) is 1. The van der Waals surface area contributed by atoms with Crippen molar-refractivity contribution in [2.75, 3.05) is 48.1 Å². The first-order valence-corrected chi connectivity index (χ1v) is 16.0. The van der Waals surface area contributed by atoms with E-state index in [1.54, 1.807) is 21.3 Å². The molecular weight excluding hydrogens is 534 g/mol. The second-order valence-corrected chi connectivity index (χ2v) is 11.0. The Bertz CT molecular complexity index is 810. The Kier molecular flexibility index (Phi) is 27.5. The molecule has 5 heteroatoms. The van der Waals surface area contributed by atoms with Crippen LogP contribution in [0.3, 0.4) is 0 Å². The summed E-state index contributed by atoms with van der Waals surface area (Å²) in [7, 11) is 7.01. The number of nitrogens with zero attached hydrogens (tertiary/aromatic N) is 1.